The number of rotatable bonds is 13. The van der Waals surface area contributed by atoms with Gasteiger partial charge < -0.3 is 14.6 Å². The Hall–Kier alpha value is -4.19. The second-order valence-corrected chi connectivity index (χ2v) is 11.2. The molecule has 1 fully saturated rings. The number of likely N-dealkylation sites (tertiary alicyclic amines) is 1. The molecule has 0 aliphatic carbocycles. The lowest BCUT2D eigenvalue weighted by Crippen LogP contribution is -2.35. The van der Waals surface area contributed by atoms with Crippen molar-refractivity contribution in [3.05, 3.63) is 101 Å². The fraction of sp³-hybridized carbons (Fsp3) is 0.364. The average molecular weight is 606 g/mol. The summed E-state index contributed by atoms with van der Waals surface area (Å²) in [5.74, 6) is -1.91. The first kappa shape index (κ1) is 31.2. The molecule has 2 aromatic carbocycles. The van der Waals surface area contributed by atoms with E-state index >= 15 is 0 Å². The van der Waals surface area contributed by atoms with E-state index in [-0.39, 0.29) is 24.7 Å². The third-order valence-corrected chi connectivity index (χ3v) is 8.06. The Morgan fingerprint density at radius 1 is 1.09 bits per heavy atom. The van der Waals surface area contributed by atoms with E-state index in [1.165, 1.54) is 18.3 Å². The number of aliphatic hydroxyl groups excluding tert-OH is 1. The third-order valence-electron chi connectivity index (χ3n) is 8.06. The first-order chi connectivity index (χ1) is 21.2. The SMILES string of the molecule is CCN(CCC(O)CN1CCCC1=O)Cc1cn(Cc2ccc(F)cc2F)c2cnc(C(=O)N(O)Cc3ccccc3)cc12. The highest BCUT2D eigenvalue weighted by Crippen LogP contribution is 2.26. The smallest absolute Gasteiger partial charge is 0.296 e. The number of hydroxylamine groups is 2. The van der Waals surface area contributed by atoms with Gasteiger partial charge in [-0.15, -0.1) is 0 Å². The summed E-state index contributed by atoms with van der Waals surface area (Å²) in [7, 11) is 0. The molecule has 9 nitrogen and oxygen atoms in total. The zero-order chi connectivity index (χ0) is 31.2. The number of halogens is 2. The van der Waals surface area contributed by atoms with Crippen LogP contribution in [0.15, 0.2) is 67.0 Å². The lowest BCUT2D eigenvalue weighted by atomic mass is 10.1. The first-order valence-corrected chi connectivity index (χ1v) is 14.9. The molecule has 1 saturated heterocycles. The molecule has 0 radical (unpaired) electrons. The highest BCUT2D eigenvalue weighted by Gasteiger charge is 2.24. The standard InChI is InChI=1S/C33H37F2N5O4/c1-2-37(14-12-27(41)22-38-13-6-9-32(38)42)19-25-21-39(20-24-10-11-26(34)15-29(24)35)31-17-36-30(16-28(25)31)33(43)40(44)18-23-7-4-3-5-8-23/h3-5,7-8,10-11,15-17,21,27,41,44H,2,6,9,12-14,18-20,22H2,1H3. The maximum absolute atomic E-state index is 14.6. The van der Waals surface area contributed by atoms with Gasteiger partial charge in [-0.1, -0.05) is 43.3 Å². The number of nitrogens with zero attached hydrogens (tertiary/aromatic N) is 5. The quantitative estimate of drug-likeness (QED) is 0.171. The summed E-state index contributed by atoms with van der Waals surface area (Å²) in [4.78, 5) is 33.3. The number of fused-ring (bicyclic) bond motifs is 1. The van der Waals surface area contributed by atoms with Gasteiger partial charge in [-0.05, 0) is 42.6 Å². The van der Waals surface area contributed by atoms with E-state index in [2.05, 4.69) is 9.88 Å². The van der Waals surface area contributed by atoms with Crippen molar-refractivity contribution >= 4 is 22.7 Å². The van der Waals surface area contributed by atoms with Crippen molar-refractivity contribution in [3.63, 3.8) is 0 Å². The molecule has 232 valence electrons. The molecule has 11 heteroatoms. The van der Waals surface area contributed by atoms with E-state index in [4.69, 9.17) is 0 Å². The second kappa shape index (κ2) is 14.1. The van der Waals surface area contributed by atoms with E-state index in [9.17, 15) is 28.7 Å². The van der Waals surface area contributed by atoms with Crippen LogP contribution < -0.4 is 0 Å². The van der Waals surface area contributed by atoms with Gasteiger partial charge in [0.05, 0.1) is 30.9 Å². The Bertz CT molecular complexity index is 1610. The van der Waals surface area contributed by atoms with Gasteiger partial charge in [0, 0.05) is 55.8 Å². The van der Waals surface area contributed by atoms with Gasteiger partial charge in [-0.2, -0.15) is 0 Å². The largest absolute Gasteiger partial charge is 0.391 e. The monoisotopic (exact) mass is 605 g/mol. The van der Waals surface area contributed by atoms with Crippen LogP contribution in [0.4, 0.5) is 8.78 Å². The molecule has 2 aromatic heterocycles. The van der Waals surface area contributed by atoms with Crippen LogP contribution >= 0.6 is 0 Å². The molecule has 1 aliphatic heterocycles. The van der Waals surface area contributed by atoms with Gasteiger partial charge in [0.25, 0.3) is 5.91 Å². The number of carbonyl (C=O) groups is 2. The zero-order valence-electron chi connectivity index (χ0n) is 24.7. The van der Waals surface area contributed by atoms with Crippen LogP contribution in [0.3, 0.4) is 0 Å². The topological polar surface area (TPSA) is 102 Å². The molecule has 0 saturated carbocycles. The summed E-state index contributed by atoms with van der Waals surface area (Å²) < 4.78 is 30.0. The van der Waals surface area contributed by atoms with Crippen molar-refractivity contribution < 1.29 is 28.7 Å². The summed E-state index contributed by atoms with van der Waals surface area (Å²) in [6.07, 6.45) is 4.56. The lowest BCUT2D eigenvalue weighted by molar-refractivity contribution is -0.129. The number of carbonyl (C=O) groups excluding carboxylic acids is 2. The number of hydrogen-bond donors (Lipinski definition) is 2. The summed E-state index contributed by atoms with van der Waals surface area (Å²) in [5, 5.41) is 22.5. The molecule has 1 atom stereocenters. The molecule has 1 unspecified atom stereocenters. The van der Waals surface area contributed by atoms with Crippen molar-refractivity contribution in [2.45, 2.75) is 51.9 Å². The van der Waals surface area contributed by atoms with Gasteiger partial charge in [-0.3, -0.25) is 19.7 Å². The molecule has 44 heavy (non-hydrogen) atoms. The Kier molecular flexibility index (Phi) is 9.99. The number of pyridine rings is 1. The van der Waals surface area contributed by atoms with Crippen molar-refractivity contribution in [3.8, 4) is 0 Å². The van der Waals surface area contributed by atoms with Gasteiger partial charge in [-0.25, -0.2) is 18.8 Å². The van der Waals surface area contributed by atoms with E-state index in [0.29, 0.717) is 67.1 Å². The summed E-state index contributed by atoms with van der Waals surface area (Å²) in [6, 6.07) is 14.2. The fourth-order valence-electron chi connectivity index (χ4n) is 5.59. The highest BCUT2D eigenvalue weighted by molar-refractivity contribution is 5.96. The van der Waals surface area contributed by atoms with E-state index < -0.39 is 23.6 Å². The Morgan fingerprint density at radius 2 is 1.89 bits per heavy atom. The van der Waals surface area contributed by atoms with Gasteiger partial charge >= 0.3 is 0 Å². The molecule has 2 amide bonds. The van der Waals surface area contributed by atoms with Crippen LogP contribution in [0.5, 0.6) is 0 Å². The predicted octanol–water partition coefficient (Wildman–Crippen LogP) is 4.59. The maximum Gasteiger partial charge on any atom is 0.296 e. The number of β-amino-alcohol motifs (C(OH)–C–C–N with tert-alkyl or cyclic N) is 1. The Morgan fingerprint density at radius 3 is 2.59 bits per heavy atom. The minimum Gasteiger partial charge on any atom is -0.391 e. The van der Waals surface area contributed by atoms with Crippen LogP contribution in [-0.4, -0.2) is 78.8 Å². The maximum atomic E-state index is 14.6. The number of aliphatic hydroxyl groups is 1. The van der Waals surface area contributed by atoms with Crippen LogP contribution in [0.25, 0.3) is 10.9 Å². The molecule has 1 aliphatic rings. The Balaban J connectivity index is 1.39. The molecule has 0 bridgehead atoms. The second-order valence-electron chi connectivity index (χ2n) is 11.2. The van der Waals surface area contributed by atoms with Crippen LogP contribution in [0.2, 0.25) is 0 Å². The first-order valence-electron chi connectivity index (χ1n) is 14.9. The van der Waals surface area contributed by atoms with Crippen LogP contribution in [0, 0.1) is 11.6 Å². The number of benzene rings is 2. The van der Waals surface area contributed by atoms with Crippen molar-refractivity contribution in [2.24, 2.45) is 0 Å². The molecule has 5 rings (SSSR count). The summed E-state index contributed by atoms with van der Waals surface area (Å²) in [5.41, 5.74) is 2.60. The minimum absolute atomic E-state index is 0.00787. The number of hydrogen-bond acceptors (Lipinski definition) is 6. The number of amides is 2. The average Bonchev–Trinajstić information content (AvgIpc) is 3.58. The molecular formula is C33H37F2N5O4. The number of aromatic nitrogens is 2. The van der Waals surface area contributed by atoms with Gasteiger partial charge in [0.1, 0.15) is 17.3 Å². The van der Waals surface area contributed by atoms with E-state index in [1.807, 2.05) is 35.9 Å². The van der Waals surface area contributed by atoms with Gasteiger partial charge in [0.15, 0.2) is 0 Å². The molecule has 2 N–H and O–H groups in total. The predicted molar refractivity (Wildman–Crippen MR) is 161 cm³/mol. The van der Waals surface area contributed by atoms with E-state index in [1.54, 1.807) is 23.1 Å². The molecular weight excluding hydrogens is 568 g/mol. The van der Waals surface area contributed by atoms with Crippen LogP contribution in [-0.2, 0) is 24.4 Å². The van der Waals surface area contributed by atoms with Crippen molar-refractivity contribution in [1.29, 1.82) is 0 Å². The van der Waals surface area contributed by atoms with Crippen LogP contribution in [0.1, 0.15) is 53.4 Å². The Labute approximate surface area is 254 Å². The molecule has 4 aromatic rings. The molecule has 3 heterocycles. The lowest BCUT2D eigenvalue weighted by Gasteiger charge is -2.24. The fourth-order valence-corrected chi connectivity index (χ4v) is 5.59. The van der Waals surface area contributed by atoms with E-state index in [0.717, 1.165) is 23.6 Å². The van der Waals surface area contributed by atoms with Crippen molar-refractivity contribution in [2.75, 3.05) is 26.2 Å². The normalized spacial score (nSPS) is 14.1. The third kappa shape index (κ3) is 7.47. The van der Waals surface area contributed by atoms with Gasteiger partial charge in [0.2, 0.25) is 5.91 Å². The zero-order valence-corrected chi connectivity index (χ0v) is 24.7. The summed E-state index contributed by atoms with van der Waals surface area (Å²) in [6.45, 7) is 4.81. The summed E-state index contributed by atoms with van der Waals surface area (Å²) >= 11 is 0. The molecule has 0 spiro atoms. The highest BCUT2D eigenvalue weighted by atomic mass is 19.1. The minimum atomic E-state index is -0.661. The van der Waals surface area contributed by atoms with Crippen molar-refractivity contribution in [1.82, 2.24) is 24.4 Å².